The predicted molar refractivity (Wildman–Crippen MR) is 78.7 cm³/mol. The van der Waals surface area contributed by atoms with E-state index in [2.05, 4.69) is 12.1 Å². The van der Waals surface area contributed by atoms with Crippen molar-refractivity contribution < 1.29 is 4.74 Å². The maximum Gasteiger partial charge on any atom is 0.217 e. The lowest BCUT2D eigenvalue weighted by atomic mass is 10.2. The molecule has 0 aliphatic rings. The van der Waals surface area contributed by atoms with Crippen LogP contribution in [0.15, 0.2) is 30.3 Å². The quantitative estimate of drug-likeness (QED) is 0.745. The van der Waals surface area contributed by atoms with Crippen LogP contribution < -0.4 is 0 Å². The van der Waals surface area contributed by atoms with Gasteiger partial charge in [-0.25, -0.2) is 0 Å². The zero-order valence-electron chi connectivity index (χ0n) is 10.6. The van der Waals surface area contributed by atoms with E-state index in [-0.39, 0.29) is 0 Å². The number of halogens is 3. The van der Waals surface area contributed by atoms with Gasteiger partial charge in [0.25, 0.3) is 0 Å². The molecule has 0 aromatic heterocycles. The van der Waals surface area contributed by atoms with Gasteiger partial charge in [0.2, 0.25) is 3.79 Å². The summed E-state index contributed by atoms with van der Waals surface area (Å²) in [6.07, 6.45) is 0.382. The molecule has 1 aromatic rings. The van der Waals surface area contributed by atoms with Crippen LogP contribution in [0.5, 0.6) is 0 Å². The summed E-state index contributed by atoms with van der Waals surface area (Å²) in [4.78, 5) is 1.94. The van der Waals surface area contributed by atoms with E-state index in [1.54, 1.807) is 0 Å². The summed E-state index contributed by atoms with van der Waals surface area (Å²) in [5.74, 6) is 0. The lowest BCUT2D eigenvalue weighted by Crippen LogP contribution is -2.38. The first kappa shape index (κ1) is 16.1. The number of hydrogen-bond donors (Lipinski definition) is 0. The zero-order valence-corrected chi connectivity index (χ0v) is 12.8. The molecule has 1 unspecified atom stereocenters. The van der Waals surface area contributed by atoms with E-state index >= 15 is 0 Å². The molecule has 0 radical (unpaired) electrons. The smallest absolute Gasteiger partial charge is 0.217 e. The molecule has 0 aliphatic heterocycles. The van der Waals surface area contributed by atoms with Gasteiger partial charge < -0.3 is 9.64 Å². The van der Waals surface area contributed by atoms with Crippen LogP contribution in [-0.2, 0) is 11.2 Å². The maximum absolute atomic E-state index is 5.90. The van der Waals surface area contributed by atoms with E-state index in [1.165, 1.54) is 5.56 Å². The van der Waals surface area contributed by atoms with Gasteiger partial charge in [0.1, 0.15) is 6.10 Å². The minimum absolute atomic E-state index is 0.429. The number of benzene rings is 1. The third kappa shape index (κ3) is 6.26. The van der Waals surface area contributed by atoms with Gasteiger partial charge in [-0.3, -0.25) is 0 Å². The van der Waals surface area contributed by atoms with Crippen LogP contribution in [0.4, 0.5) is 0 Å². The summed E-state index contributed by atoms with van der Waals surface area (Å²) in [7, 11) is 3.84. The van der Waals surface area contributed by atoms with Gasteiger partial charge in [-0.05, 0) is 26.1 Å². The number of ether oxygens (including phenoxy) is 1. The van der Waals surface area contributed by atoms with Crippen LogP contribution in [-0.4, -0.2) is 42.0 Å². The highest BCUT2D eigenvalue weighted by molar-refractivity contribution is 6.68. The minimum Gasteiger partial charge on any atom is -0.372 e. The second kappa shape index (κ2) is 7.56. The first-order valence-electron chi connectivity index (χ1n) is 5.76. The molecule has 0 heterocycles. The first-order valence-corrected chi connectivity index (χ1v) is 6.90. The Morgan fingerprint density at radius 2 is 1.78 bits per heavy atom. The molecular weight excluding hydrogens is 293 g/mol. The molecule has 1 atom stereocenters. The van der Waals surface area contributed by atoms with Gasteiger partial charge in [-0.1, -0.05) is 65.1 Å². The third-order valence-electron chi connectivity index (χ3n) is 2.45. The number of rotatable bonds is 6. The topological polar surface area (TPSA) is 12.5 Å². The Morgan fingerprint density at radius 3 is 2.28 bits per heavy atom. The van der Waals surface area contributed by atoms with Crippen molar-refractivity contribution in [3.8, 4) is 0 Å². The molecule has 0 spiro atoms. The summed E-state index contributed by atoms with van der Waals surface area (Å²) in [6, 6.07) is 10.1. The molecular formula is C13H18Cl3NO. The van der Waals surface area contributed by atoms with Gasteiger partial charge in [-0.2, -0.15) is 0 Å². The van der Waals surface area contributed by atoms with Gasteiger partial charge in [0, 0.05) is 6.54 Å². The Bertz CT molecular complexity index is 338. The lowest BCUT2D eigenvalue weighted by Gasteiger charge is -2.27. The molecule has 102 valence electrons. The Labute approximate surface area is 124 Å². The Morgan fingerprint density at radius 1 is 1.17 bits per heavy atom. The summed E-state index contributed by atoms with van der Waals surface area (Å²) in [6.45, 7) is 1.11. The third-order valence-corrected chi connectivity index (χ3v) is 3.18. The van der Waals surface area contributed by atoms with Crippen molar-refractivity contribution in [1.82, 2.24) is 4.90 Å². The van der Waals surface area contributed by atoms with Crippen molar-refractivity contribution in [2.75, 3.05) is 27.2 Å². The molecule has 2 nitrogen and oxygen atoms in total. The fourth-order valence-electron chi connectivity index (χ4n) is 1.55. The van der Waals surface area contributed by atoms with E-state index < -0.39 is 9.90 Å². The molecule has 0 saturated carbocycles. The van der Waals surface area contributed by atoms with Gasteiger partial charge >= 0.3 is 0 Å². The van der Waals surface area contributed by atoms with E-state index in [0.29, 0.717) is 13.2 Å². The molecule has 18 heavy (non-hydrogen) atoms. The summed E-state index contributed by atoms with van der Waals surface area (Å²) in [5, 5.41) is 0. The minimum atomic E-state index is -1.40. The highest BCUT2D eigenvalue weighted by Crippen LogP contribution is 2.32. The van der Waals surface area contributed by atoms with E-state index in [1.807, 2.05) is 37.2 Å². The van der Waals surface area contributed by atoms with Gasteiger partial charge in [0.05, 0.1) is 6.61 Å². The molecule has 5 heteroatoms. The molecule has 0 amide bonds. The van der Waals surface area contributed by atoms with Crippen molar-refractivity contribution in [2.45, 2.75) is 16.3 Å². The summed E-state index contributed by atoms with van der Waals surface area (Å²) >= 11 is 17.7. The van der Waals surface area contributed by atoms with Crippen LogP contribution in [0.1, 0.15) is 5.56 Å². The highest BCUT2D eigenvalue weighted by Gasteiger charge is 2.33. The van der Waals surface area contributed by atoms with Crippen molar-refractivity contribution in [3.63, 3.8) is 0 Å². The number of nitrogens with zero attached hydrogens (tertiary/aromatic N) is 1. The average Bonchev–Trinajstić information content (AvgIpc) is 2.27. The second-order valence-electron chi connectivity index (χ2n) is 4.40. The number of alkyl halides is 3. The second-order valence-corrected chi connectivity index (χ2v) is 6.77. The van der Waals surface area contributed by atoms with E-state index in [9.17, 15) is 0 Å². The molecule has 1 rings (SSSR count). The Kier molecular flexibility index (Phi) is 6.75. The zero-order chi connectivity index (χ0) is 13.6. The first-order chi connectivity index (χ1) is 8.39. The van der Waals surface area contributed by atoms with Gasteiger partial charge in [0.15, 0.2) is 0 Å². The largest absolute Gasteiger partial charge is 0.372 e. The predicted octanol–water partition coefficient (Wildman–Crippen LogP) is 3.55. The van der Waals surface area contributed by atoms with E-state index in [4.69, 9.17) is 39.5 Å². The molecule has 0 aliphatic carbocycles. The van der Waals surface area contributed by atoms with Crippen molar-refractivity contribution in [2.24, 2.45) is 0 Å². The molecule has 0 bridgehead atoms. The summed E-state index contributed by atoms with van der Waals surface area (Å²) in [5.41, 5.74) is 1.21. The maximum atomic E-state index is 5.90. The number of hydrogen-bond acceptors (Lipinski definition) is 2. The fraction of sp³-hybridized carbons (Fsp3) is 0.538. The van der Waals surface area contributed by atoms with Crippen molar-refractivity contribution in [1.29, 1.82) is 0 Å². The fourth-order valence-corrected chi connectivity index (χ4v) is 1.94. The van der Waals surface area contributed by atoms with Crippen LogP contribution >= 0.6 is 34.8 Å². The molecule has 0 N–H and O–H groups in total. The van der Waals surface area contributed by atoms with E-state index in [0.717, 1.165) is 6.42 Å². The number of likely N-dealkylation sites (N-methyl/N-ethyl adjacent to an activating group) is 1. The molecule has 0 fully saturated rings. The Balaban J connectivity index is 2.43. The Hall–Kier alpha value is 0.01000. The van der Waals surface area contributed by atoms with Crippen LogP contribution in [0.2, 0.25) is 0 Å². The molecule has 1 aromatic carbocycles. The highest BCUT2D eigenvalue weighted by atomic mass is 35.6. The monoisotopic (exact) mass is 309 g/mol. The van der Waals surface area contributed by atoms with Crippen molar-refractivity contribution >= 4 is 34.8 Å². The standard InChI is InChI=1S/C13H18Cl3NO/c1-17(2)10-12(13(14,15)16)18-9-8-11-6-4-3-5-7-11/h3-7,12H,8-10H2,1-2H3. The lowest BCUT2D eigenvalue weighted by molar-refractivity contribution is 0.0403. The van der Waals surface area contributed by atoms with Crippen LogP contribution in [0.25, 0.3) is 0 Å². The van der Waals surface area contributed by atoms with Crippen LogP contribution in [0.3, 0.4) is 0 Å². The summed E-state index contributed by atoms with van der Waals surface area (Å²) < 4.78 is 4.28. The normalized spacial score (nSPS) is 13.9. The van der Waals surface area contributed by atoms with Crippen molar-refractivity contribution in [3.05, 3.63) is 35.9 Å². The average molecular weight is 311 g/mol. The molecule has 0 saturated heterocycles. The van der Waals surface area contributed by atoms with Crippen LogP contribution in [0, 0.1) is 0 Å². The SMILES string of the molecule is CN(C)CC(OCCc1ccccc1)C(Cl)(Cl)Cl. The van der Waals surface area contributed by atoms with Gasteiger partial charge in [-0.15, -0.1) is 0 Å².